The summed E-state index contributed by atoms with van der Waals surface area (Å²) in [5, 5.41) is 13.3. The first kappa shape index (κ1) is 16.4. The molecule has 1 heterocycles. The summed E-state index contributed by atoms with van der Waals surface area (Å²) >= 11 is 0. The van der Waals surface area contributed by atoms with Crippen molar-refractivity contribution >= 4 is 28.4 Å². The highest BCUT2D eigenvalue weighted by molar-refractivity contribution is 5.91. The van der Waals surface area contributed by atoms with Crippen molar-refractivity contribution in [2.24, 2.45) is 0 Å². The van der Waals surface area contributed by atoms with Crippen molar-refractivity contribution in [2.75, 3.05) is 5.32 Å². The summed E-state index contributed by atoms with van der Waals surface area (Å²) in [4.78, 5) is 34.0. The lowest BCUT2D eigenvalue weighted by Gasteiger charge is -2.05. The number of aromatic nitrogens is 1. The number of amides is 1. The number of carbonyl (C=O) groups excluding carboxylic acids is 1. The number of benzene rings is 2. The molecule has 0 fully saturated rings. The first-order chi connectivity index (χ1) is 12.0. The third-order valence-electron chi connectivity index (χ3n) is 3.70. The summed E-state index contributed by atoms with van der Waals surface area (Å²) in [6, 6.07) is 12.8. The van der Waals surface area contributed by atoms with Gasteiger partial charge >= 0.3 is 5.76 Å². The van der Waals surface area contributed by atoms with E-state index in [-0.39, 0.29) is 18.0 Å². The SMILES string of the molecule is O=C(CCCn1c(=O)oc2ccccc21)Nc1cccc([N+](=O)[O-])c1. The Hall–Kier alpha value is -3.42. The second kappa shape index (κ2) is 7.00. The highest BCUT2D eigenvalue weighted by Gasteiger charge is 2.10. The zero-order chi connectivity index (χ0) is 17.8. The van der Waals surface area contributed by atoms with Crippen LogP contribution in [0.2, 0.25) is 0 Å². The van der Waals surface area contributed by atoms with Crippen LogP contribution in [0.4, 0.5) is 11.4 Å². The van der Waals surface area contributed by atoms with E-state index in [1.807, 2.05) is 6.07 Å². The number of hydrogen-bond donors (Lipinski definition) is 1. The molecule has 0 aliphatic rings. The van der Waals surface area contributed by atoms with Gasteiger partial charge in [0.2, 0.25) is 5.91 Å². The Kier molecular flexibility index (Phi) is 4.60. The number of carbonyl (C=O) groups is 1. The third-order valence-corrected chi connectivity index (χ3v) is 3.70. The topological polar surface area (TPSA) is 107 Å². The molecule has 8 heteroatoms. The van der Waals surface area contributed by atoms with Crippen molar-refractivity contribution in [3.63, 3.8) is 0 Å². The second-order valence-electron chi connectivity index (χ2n) is 5.45. The van der Waals surface area contributed by atoms with Crippen LogP contribution in [0.1, 0.15) is 12.8 Å². The molecule has 0 saturated heterocycles. The minimum Gasteiger partial charge on any atom is -0.408 e. The number of rotatable bonds is 6. The van der Waals surface area contributed by atoms with E-state index in [1.165, 1.54) is 22.8 Å². The predicted octanol–water partition coefficient (Wildman–Crippen LogP) is 2.92. The summed E-state index contributed by atoms with van der Waals surface area (Å²) in [6.07, 6.45) is 0.610. The Labute approximate surface area is 141 Å². The van der Waals surface area contributed by atoms with Gasteiger partial charge in [-0.3, -0.25) is 19.5 Å². The summed E-state index contributed by atoms with van der Waals surface area (Å²) in [5.74, 6) is -0.735. The van der Waals surface area contributed by atoms with Crippen LogP contribution in [0.3, 0.4) is 0 Å². The van der Waals surface area contributed by atoms with Crippen molar-refractivity contribution in [3.05, 3.63) is 69.2 Å². The highest BCUT2D eigenvalue weighted by atomic mass is 16.6. The number of oxazole rings is 1. The summed E-state index contributed by atoms with van der Waals surface area (Å²) in [6.45, 7) is 0.345. The zero-order valence-electron chi connectivity index (χ0n) is 13.2. The molecule has 0 bridgehead atoms. The molecular formula is C17H15N3O5. The maximum atomic E-state index is 12.0. The van der Waals surface area contributed by atoms with Crippen LogP contribution < -0.4 is 11.1 Å². The molecule has 0 aliphatic carbocycles. The van der Waals surface area contributed by atoms with Crippen LogP contribution in [0.15, 0.2) is 57.7 Å². The van der Waals surface area contributed by atoms with E-state index < -0.39 is 10.7 Å². The van der Waals surface area contributed by atoms with Gasteiger partial charge in [-0.25, -0.2) is 4.79 Å². The Balaban J connectivity index is 1.59. The number of nitro groups is 1. The standard InChI is InChI=1S/C17H15N3O5/c21-16(18-12-5-3-6-13(11-12)20(23)24)9-4-10-19-14-7-1-2-8-15(14)25-17(19)22/h1-3,5-8,11H,4,9-10H2,(H,18,21). The minimum atomic E-state index is -0.522. The fourth-order valence-electron chi connectivity index (χ4n) is 2.54. The van der Waals surface area contributed by atoms with E-state index in [4.69, 9.17) is 4.42 Å². The van der Waals surface area contributed by atoms with Crippen molar-refractivity contribution in [2.45, 2.75) is 19.4 Å². The van der Waals surface area contributed by atoms with E-state index in [9.17, 15) is 19.7 Å². The Morgan fingerprint density at radius 2 is 2.00 bits per heavy atom. The number of non-ortho nitro benzene ring substituents is 1. The average Bonchev–Trinajstić information content (AvgIpc) is 2.91. The van der Waals surface area contributed by atoms with Crippen LogP contribution in [0.25, 0.3) is 11.1 Å². The molecule has 3 rings (SSSR count). The number of nitrogens with zero attached hydrogens (tertiary/aromatic N) is 2. The number of nitro benzene ring substituents is 1. The normalized spacial score (nSPS) is 10.7. The minimum absolute atomic E-state index is 0.0887. The van der Waals surface area contributed by atoms with E-state index in [0.29, 0.717) is 29.8 Å². The zero-order valence-corrected chi connectivity index (χ0v) is 13.2. The molecule has 0 atom stereocenters. The van der Waals surface area contributed by atoms with Gasteiger partial charge in [-0.1, -0.05) is 18.2 Å². The predicted molar refractivity (Wildman–Crippen MR) is 91.4 cm³/mol. The number of nitrogens with one attached hydrogen (secondary N) is 1. The van der Waals surface area contributed by atoms with E-state index >= 15 is 0 Å². The van der Waals surface area contributed by atoms with Gasteiger partial charge in [-0.05, 0) is 24.6 Å². The van der Waals surface area contributed by atoms with Crippen molar-refractivity contribution < 1.29 is 14.1 Å². The third kappa shape index (κ3) is 3.74. The molecule has 0 saturated carbocycles. The van der Waals surface area contributed by atoms with Crippen LogP contribution in [0, 0.1) is 10.1 Å². The van der Waals surface area contributed by atoms with E-state index in [1.54, 1.807) is 24.3 Å². The lowest BCUT2D eigenvalue weighted by atomic mass is 10.2. The first-order valence-electron chi connectivity index (χ1n) is 7.67. The van der Waals surface area contributed by atoms with Crippen LogP contribution in [0.5, 0.6) is 0 Å². The van der Waals surface area contributed by atoms with E-state index in [2.05, 4.69) is 5.32 Å². The molecule has 3 aromatic rings. The van der Waals surface area contributed by atoms with Crippen LogP contribution >= 0.6 is 0 Å². The Morgan fingerprint density at radius 3 is 2.80 bits per heavy atom. The molecule has 25 heavy (non-hydrogen) atoms. The summed E-state index contributed by atoms with van der Waals surface area (Å²) in [5.41, 5.74) is 1.47. The highest BCUT2D eigenvalue weighted by Crippen LogP contribution is 2.17. The van der Waals surface area contributed by atoms with Gasteiger partial charge in [-0.2, -0.15) is 0 Å². The van der Waals surface area contributed by atoms with Crippen molar-refractivity contribution in [3.8, 4) is 0 Å². The average molecular weight is 341 g/mol. The number of aryl methyl sites for hydroxylation is 1. The molecule has 128 valence electrons. The van der Waals surface area contributed by atoms with Gasteiger partial charge in [0, 0.05) is 30.8 Å². The van der Waals surface area contributed by atoms with E-state index in [0.717, 1.165) is 0 Å². The number of anilines is 1. The first-order valence-corrected chi connectivity index (χ1v) is 7.67. The monoisotopic (exact) mass is 341 g/mol. The molecule has 8 nitrogen and oxygen atoms in total. The fourth-order valence-corrected chi connectivity index (χ4v) is 2.54. The number of para-hydroxylation sites is 2. The van der Waals surface area contributed by atoms with Gasteiger partial charge in [0.05, 0.1) is 10.4 Å². The molecule has 1 N–H and O–H groups in total. The molecule has 1 aromatic heterocycles. The molecule has 1 amide bonds. The van der Waals surface area contributed by atoms with Gasteiger partial charge in [-0.15, -0.1) is 0 Å². The van der Waals surface area contributed by atoms with Gasteiger partial charge in [0.1, 0.15) is 0 Å². The summed E-state index contributed by atoms with van der Waals surface area (Å²) < 4.78 is 6.61. The quantitative estimate of drug-likeness (QED) is 0.548. The Morgan fingerprint density at radius 1 is 1.20 bits per heavy atom. The lowest BCUT2D eigenvalue weighted by Crippen LogP contribution is -2.17. The molecule has 0 unspecified atom stereocenters. The second-order valence-corrected chi connectivity index (χ2v) is 5.45. The number of fused-ring (bicyclic) bond motifs is 1. The molecule has 0 radical (unpaired) electrons. The van der Waals surface area contributed by atoms with Crippen molar-refractivity contribution in [1.82, 2.24) is 4.57 Å². The fraction of sp³-hybridized carbons (Fsp3) is 0.176. The number of hydrogen-bond acceptors (Lipinski definition) is 5. The maximum absolute atomic E-state index is 12.0. The molecule has 0 aliphatic heterocycles. The maximum Gasteiger partial charge on any atom is 0.419 e. The smallest absolute Gasteiger partial charge is 0.408 e. The van der Waals surface area contributed by atoms with Crippen LogP contribution in [-0.2, 0) is 11.3 Å². The molecule has 0 spiro atoms. The van der Waals surface area contributed by atoms with Crippen molar-refractivity contribution in [1.29, 1.82) is 0 Å². The molecular weight excluding hydrogens is 326 g/mol. The van der Waals surface area contributed by atoms with Gasteiger partial charge < -0.3 is 9.73 Å². The van der Waals surface area contributed by atoms with Gasteiger partial charge in [0.25, 0.3) is 5.69 Å². The Bertz CT molecular complexity index is 989. The van der Waals surface area contributed by atoms with Crippen LogP contribution in [-0.4, -0.2) is 15.4 Å². The summed E-state index contributed by atoms with van der Waals surface area (Å²) in [7, 11) is 0. The lowest BCUT2D eigenvalue weighted by molar-refractivity contribution is -0.384. The van der Waals surface area contributed by atoms with Gasteiger partial charge in [0.15, 0.2) is 5.58 Å². The largest absolute Gasteiger partial charge is 0.419 e. The molecule has 2 aromatic carbocycles.